The van der Waals surface area contributed by atoms with Crippen LogP contribution in [0.5, 0.6) is 0 Å². The van der Waals surface area contributed by atoms with E-state index >= 15 is 0 Å². The van der Waals surface area contributed by atoms with Crippen LogP contribution in [0.3, 0.4) is 0 Å². The number of carbonyl (C=O) groups excluding carboxylic acids is 1. The summed E-state index contributed by atoms with van der Waals surface area (Å²) < 4.78 is 10.3. The smallest absolute Gasteiger partial charge is 0.251 e. The Morgan fingerprint density at radius 2 is 1.83 bits per heavy atom. The molecular weight excluding hydrogens is 230 g/mol. The van der Waals surface area contributed by atoms with E-state index in [-0.39, 0.29) is 5.91 Å². The minimum absolute atomic E-state index is 0.128. The van der Waals surface area contributed by atoms with Gasteiger partial charge in [0.05, 0.1) is 6.61 Å². The molecule has 4 nitrogen and oxygen atoms in total. The van der Waals surface area contributed by atoms with Gasteiger partial charge >= 0.3 is 0 Å². The zero-order chi connectivity index (χ0) is 13.6. The van der Waals surface area contributed by atoms with Gasteiger partial charge in [-0.15, -0.1) is 0 Å². The van der Waals surface area contributed by atoms with Crippen LogP contribution in [0.2, 0.25) is 0 Å². The molecule has 0 bridgehead atoms. The second-order valence-corrected chi connectivity index (χ2v) is 4.60. The maximum absolute atomic E-state index is 11.9. The number of ether oxygens (including phenoxy) is 2. The predicted molar refractivity (Wildman–Crippen MR) is 70.1 cm³/mol. The van der Waals surface area contributed by atoms with Crippen molar-refractivity contribution >= 4 is 5.91 Å². The fourth-order valence-corrected chi connectivity index (χ4v) is 1.51. The topological polar surface area (TPSA) is 47.6 Å². The molecular formula is C14H21NO3. The number of rotatable bonds is 6. The van der Waals surface area contributed by atoms with Gasteiger partial charge in [0.25, 0.3) is 5.91 Å². The van der Waals surface area contributed by atoms with Crippen molar-refractivity contribution in [3.63, 3.8) is 0 Å². The van der Waals surface area contributed by atoms with E-state index < -0.39 is 5.60 Å². The number of carbonyl (C=O) groups is 1. The minimum Gasteiger partial charge on any atom is -0.380 e. The average Bonchev–Trinajstić information content (AvgIpc) is 2.37. The highest BCUT2D eigenvalue weighted by Gasteiger charge is 2.26. The van der Waals surface area contributed by atoms with E-state index in [9.17, 15) is 4.79 Å². The lowest BCUT2D eigenvalue weighted by molar-refractivity contribution is -0.139. The van der Waals surface area contributed by atoms with Crippen molar-refractivity contribution in [3.05, 3.63) is 35.4 Å². The summed E-state index contributed by atoms with van der Waals surface area (Å²) in [5.74, 6) is -0.128. The Hall–Kier alpha value is -1.39. The molecule has 0 unspecified atom stereocenters. The molecule has 0 aromatic heterocycles. The summed E-state index contributed by atoms with van der Waals surface area (Å²) in [7, 11) is 3.18. The van der Waals surface area contributed by atoms with Gasteiger partial charge < -0.3 is 14.8 Å². The molecule has 1 amide bonds. The third-order valence-electron chi connectivity index (χ3n) is 2.91. The van der Waals surface area contributed by atoms with Crippen molar-refractivity contribution in [2.45, 2.75) is 32.6 Å². The van der Waals surface area contributed by atoms with Gasteiger partial charge in [-0.2, -0.15) is 0 Å². The molecule has 1 N–H and O–H groups in total. The lowest BCUT2D eigenvalue weighted by Gasteiger charge is -2.22. The van der Waals surface area contributed by atoms with Gasteiger partial charge in [-0.05, 0) is 25.0 Å². The van der Waals surface area contributed by atoms with Gasteiger partial charge in [-0.1, -0.05) is 24.3 Å². The van der Waals surface area contributed by atoms with Crippen LogP contribution in [0.15, 0.2) is 24.3 Å². The fraction of sp³-hybridized carbons (Fsp3) is 0.500. The first-order chi connectivity index (χ1) is 8.51. The highest BCUT2D eigenvalue weighted by atomic mass is 16.5. The second-order valence-electron chi connectivity index (χ2n) is 4.60. The van der Waals surface area contributed by atoms with Crippen molar-refractivity contribution in [2.24, 2.45) is 0 Å². The molecule has 0 aliphatic heterocycles. The summed E-state index contributed by atoms with van der Waals surface area (Å²) in [5, 5.41) is 2.87. The zero-order valence-corrected chi connectivity index (χ0v) is 11.4. The zero-order valence-electron chi connectivity index (χ0n) is 11.4. The first kappa shape index (κ1) is 14.7. The molecule has 0 atom stereocenters. The van der Waals surface area contributed by atoms with E-state index in [1.54, 1.807) is 21.0 Å². The second kappa shape index (κ2) is 6.52. The van der Waals surface area contributed by atoms with E-state index in [1.807, 2.05) is 24.3 Å². The number of hydrogen-bond donors (Lipinski definition) is 1. The lowest BCUT2D eigenvalue weighted by Crippen LogP contribution is -2.43. The summed E-state index contributed by atoms with van der Waals surface area (Å²) in [6.07, 6.45) is 0. The summed E-state index contributed by atoms with van der Waals surface area (Å²) in [4.78, 5) is 11.9. The van der Waals surface area contributed by atoms with Crippen molar-refractivity contribution in [1.82, 2.24) is 5.32 Å². The number of methoxy groups -OCH3 is 2. The number of benzene rings is 1. The molecule has 100 valence electrons. The van der Waals surface area contributed by atoms with Crippen LogP contribution in [0.1, 0.15) is 25.0 Å². The molecule has 0 heterocycles. The third kappa shape index (κ3) is 3.82. The van der Waals surface area contributed by atoms with Crippen LogP contribution in [0.25, 0.3) is 0 Å². The van der Waals surface area contributed by atoms with Crippen molar-refractivity contribution in [1.29, 1.82) is 0 Å². The first-order valence-electron chi connectivity index (χ1n) is 5.90. The Kier molecular flexibility index (Phi) is 5.31. The predicted octanol–water partition coefficient (Wildman–Crippen LogP) is 1.87. The summed E-state index contributed by atoms with van der Waals surface area (Å²) in [5.41, 5.74) is 1.33. The molecule has 1 aromatic rings. The van der Waals surface area contributed by atoms with Gasteiger partial charge in [0.1, 0.15) is 5.60 Å². The molecule has 0 aliphatic rings. The van der Waals surface area contributed by atoms with E-state index in [0.29, 0.717) is 13.2 Å². The molecule has 0 radical (unpaired) electrons. The first-order valence-corrected chi connectivity index (χ1v) is 5.90. The van der Waals surface area contributed by atoms with Gasteiger partial charge in [-0.3, -0.25) is 4.79 Å². The minimum atomic E-state index is -0.809. The van der Waals surface area contributed by atoms with Gasteiger partial charge in [0.2, 0.25) is 0 Å². The molecule has 0 aliphatic carbocycles. The highest BCUT2D eigenvalue weighted by Crippen LogP contribution is 2.11. The largest absolute Gasteiger partial charge is 0.380 e. The SMILES string of the molecule is COCc1ccccc1CNC(=O)C(C)(C)OC. The maximum atomic E-state index is 11.9. The Bertz CT molecular complexity index is 402. The van der Waals surface area contributed by atoms with E-state index in [4.69, 9.17) is 9.47 Å². The van der Waals surface area contributed by atoms with Crippen molar-refractivity contribution in [3.8, 4) is 0 Å². The molecule has 0 spiro atoms. The summed E-state index contributed by atoms with van der Waals surface area (Å²) in [6, 6.07) is 7.88. The van der Waals surface area contributed by atoms with Crippen LogP contribution < -0.4 is 5.32 Å². The molecule has 4 heteroatoms. The lowest BCUT2D eigenvalue weighted by atomic mass is 10.1. The van der Waals surface area contributed by atoms with E-state index in [0.717, 1.165) is 11.1 Å². The fourth-order valence-electron chi connectivity index (χ4n) is 1.51. The maximum Gasteiger partial charge on any atom is 0.251 e. The Morgan fingerprint density at radius 1 is 1.22 bits per heavy atom. The third-order valence-corrected chi connectivity index (χ3v) is 2.91. The van der Waals surface area contributed by atoms with Crippen LogP contribution in [0, 0.1) is 0 Å². The van der Waals surface area contributed by atoms with Crippen molar-refractivity contribution < 1.29 is 14.3 Å². The molecule has 1 aromatic carbocycles. The van der Waals surface area contributed by atoms with Crippen LogP contribution >= 0.6 is 0 Å². The van der Waals surface area contributed by atoms with Gasteiger partial charge in [-0.25, -0.2) is 0 Å². The van der Waals surface area contributed by atoms with Gasteiger partial charge in [0.15, 0.2) is 0 Å². The quantitative estimate of drug-likeness (QED) is 0.839. The monoisotopic (exact) mass is 251 g/mol. The summed E-state index contributed by atoms with van der Waals surface area (Å²) >= 11 is 0. The number of amides is 1. The molecule has 1 rings (SSSR count). The van der Waals surface area contributed by atoms with Crippen molar-refractivity contribution in [2.75, 3.05) is 14.2 Å². The van der Waals surface area contributed by atoms with Crippen LogP contribution in [-0.2, 0) is 27.4 Å². The Labute approximate surface area is 108 Å². The molecule has 0 saturated carbocycles. The van der Waals surface area contributed by atoms with E-state index in [2.05, 4.69) is 5.32 Å². The Morgan fingerprint density at radius 3 is 2.39 bits per heavy atom. The number of hydrogen-bond acceptors (Lipinski definition) is 3. The van der Waals surface area contributed by atoms with Gasteiger partial charge in [0, 0.05) is 20.8 Å². The van der Waals surface area contributed by atoms with Crippen LogP contribution in [0.4, 0.5) is 0 Å². The molecule has 18 heavy (non-hydrogen) atoms. The Balaban J connectivity index is 2.66. The molecule has 0 saturated heterocycles. The number of nitrogens with one attached hydrogen (secondary N) is 1. The molecule has 0 fully saturated rings. The van der Waals surface area contributed by atoms with E-state index in [1.165, 1.54) is 7.11 Å². The normalized spacial score (nSPS) is 11.3. The standard InChI is InChI=1S/C14H21NO3/c1-14(2,18-4)13(16)15-9-11-7-5-6-8-12(11)10-17-3/h5-8H,9-10H2,1-4H3,(H,15,16). The average molecular weight is 251 g/mol. The van der Waals surface area contributed by atoms with Crippen LogP contribution in [-0.4, -0.2) is 25.7 Å². The highest BCUT2D eigenvalue weighted by molar-refractivity contribution is 5.84. The summed E-state index contributed by atoms with van der Waals surface area (Å²) in [6.45, 7) is 4.50.